The Morgan fingerprint density at radius 1 is 0.783 bits per heavy atom. The van der Waals surface area contributed by atoms with E-state index in [0.29, 0.717) is 37.0 Å². The van der Waals surface area contributed by atoms with Crippen LogP contribution in [0.15, 0.2) is 71.8 Å². The van der Waals surface area contributed by atoms with Crippen LogP contribution in [0.2, 0.25) is 0 Å². The fraction of sp³-hybridized carbons (Fsp3) is 0.500. The van der Waals surface area contributed by atoms with Crippen molar-refractivity contribution in [1.29, 1.82) is 0 Å². The van der Waals surface area contributed by atoms with E-state index in [1.165, 1.54) is 16.8 Å². The molecule has 2 heterocycles. The second-order valence-electron chi connectivity index (χ2n) is 18.5. The van der Waals surface area contributed by atoms with Crippen molar-refractivity contribution < 1.29 is 275 Å². The van der Waals surface area contributed by atoms with Crippen molar-refractivity contribution in [2.75, 3.05) is 13.2 Å². The molecule has 0 bridgehead atoms. The summed E-state index contributed by atoms with van der Waals surface area (Å²) in [6.07, 6.45) is 5.89. The Morgan fingerprint density at radius 2 is 1.27 bits per heavy atom. The molecule has 0 radical (unpaired) electrons. The van der Waals surface area contributed by atoms with E-state index in [1.807, 2.05) is 19.9 Å². The van der Waals surface area contributed by atoms with E-state index in [-0.39, 0.29) is 59.5 Å². The van der Waals surface area contributed by atoms with Crippen LogP contribution in [0, 0.1) is 36.8 Å². The molecule has 486 valence electrons. The highest BCUT2D eigenvalue weighted by Crippen LogP contribution is 2.54. The topological polar surface area (TPSA) is 122 Å². The van der Waals surface area contributed by atoms with E-state index in [1.54, 1.807) is 0 Å². The number of hydrogen-bond donors (Lipinski definition) is 3. The summed E-state index contributed by atoms with van der Waals surface area (Å²) < 4.78 is 864. The summed E-state index contributed by atoms with van der Waals surface area (Å²) in [5.41, 5.74) is 8.89. The molecule has 3 N–H and O–H groups in total. The zero-order valence-corrected chi connectivity index (χ0v) is 36.5. The molecule has 0 saturated carbocycles. The van der Waals surface area contributed by atoms with Crippen LogP contribution in [0.5, 0.6) is 0 Å². The van der Waals surface area contributed by atoms with Gasteiger partial charge in [0.15, 0.2) is 5.78 Å². The highest BCUT2D eigenvalue weighted by molar-refractivity contribution is 6.00. The lowest BCUT2D eigenvalue weighted by Crippen LogP contribution is -2.45. The van der Waals surface area contributed by atoms with Crippen molar-refractivity contribution in [3.8, 4) is 22.8 Å². The van der Waals surface area contributed by atoms with Crippen molar-refractivity contribution in [2.45, 2.75) is 123 Å². The Morgan fingerprint density at radius 3 is 1.73 bits per heavy atom. The average molecular weight is 1330 g/mol. The highest BCUT2D eigenvalue weighted by atomic mass is 16.3. The number of Topliss-reactive ketones (excluding diaryl/α,β-unsaturated/α-hetero) is 1. The van der Waals surface area contributed by atoms with Crippen molar-refractivity contribution in [1.82, 2.24) is 19.1 Å². The van der Waals surface area contributed by atoms with Crippen LogP contribution in [0.3, 0.4) is 0 Å². The zero-order chi connectivity index (χ0) is 215. The van der Waals surface area contributed by atoms with Gasteiger partial charge in [-0.15, -0.1) is 0 Å². The number of allylic oxidation sites excluding steroid dienone is 4. The summed E-state index contributed by atoms with van der Waals surface area (Å²) in [4.78, 5) is 30.0. The normalized spacial score (nSPS) is 37.1. The summed E-state index contributed by atoms with van der Waals surface area (Å²) in [5.74, 6) is 3.05. The molecular formula is C50H232N6O4. The molecule has 4 aromatic rings. The fourth-order valence-corrected chi connectivity index (χ4v) is 10.9. The summed E-state index contributed by atoms with van der Waals surface area (Å²) in [5, 5.41) is 30.0. The third-order valence-corrected chi connectivity index (χ3v) is 14.3. The van der Waals surface area contributed by atoms with Gasteiger partial charge in [0, 0.05) is 314 Å². The van der Waals surface area contributed by atoms with E-state index in [9.17, 15) is 20.1 Å². The van der Waals surface area contributed by atoms with Crippen molar-refractivity contribution >= 4 is 5.78 Å². The Labute approximate surface area is 620 Å². The number of carbonyl (C=O) groups excluding carboxylic acids is 1. The molecule has 2 aromatic carbocycles. The molecule has 60 heavy (non-hydrogen) atoms. The van der Waals surface area contributed by atoms with Gasteiger partial charge >= 0.3 is 0 Å². The molecule has 0 amide bonds. The van der Waals surface area contributed by atoms with Gasteiger partial charge in [0.05, 0.1) is 43.5 Å². The summed E-state index contributed by atoms with van der Waals surface area (Å²) in [6, 6.07) is 17.0. The molecule has 4 aliphatic rings. The SMILES string of the molecule is [3H][3H].[3H][3H].[3H][3H].[3H][3H].[3H][3H].[3H][3H].[3H][3H].[3H][3H].[3H][3H].[3H][3H].[3H][3H].[3H][3H].[3H][3H].[3H][3H].[3H][3H].[3H][3H].[3H][3H].[3H][3H].[3H][3H].[3H][3H].[3H][3H].[3H][3H].[3H][3H].[3H][3H].[3H][3H].[3H][3H].[3H][3H].[3H][3H].[3H][3H].[3H][3H].[3H][3H].[3H][3H].[3H][3H].[3H][3H].[3H][3H].[3H][3H].[3H][3H].[3H][3H].[3H][3H].[3H][3H].[3H][3H].[3H][3H].[3H][3H].[3H][3H].[3H][3H].[3H][3H].[3H][3H].[3H][3H].[3H][3H].[3H][3H].[3H][3H].[3H][3H].[3H][3H].[3H][3H].[3H][3H].[3H][3H].[3H][3H].[3H][3H].[3H][3H].[3H][3H].[3H][3H].[3H][3H].[3H][3H].[3H][3H].[3H][3H].[3H][3H].[3H][3H].[3H][3H].[3H][3H].[3H][3H].[3H][3H].[3H][3H].[3H][3H].[3H][3H].[3H][3H].[3H][3H].[3H][3H].[3H][3H].[3H][3H].[3H][3H].[3H][3H].[3H][3H].[3H][3H].[3H][3H].[3H][3H].[3H][3H].[C-]#[N+]C1=C(O)[C@H](C)[C@H]2CCc3c(nc(-c4ccc(C(C)C)cc4)n3CCO)[C@]2(C)C1.[C-]#[N+]C1=C[C@@]2(C)c3nc(-c4ccc(C(C)C)cc4)n(CCO)c3CC[C@@H]2[C@@H](C)C1=O. The van der Waals surface area contributed by atoms with Crippen LogP contribution in [-0.2, 0) is 41.6 Å². The Bertz CT molecular complexity index is 2610. The number of fused-ring (bicyclic) bond motifs is 6. The molecule has 0 fully saturated rings. The molecule has 0 saturated heterocycles. The molecule has 0 spiro atoms. The largest absolute Gasteiger partial charge is 0.523 e. The van der Waals surface area contributed by atoms with Crippen molar-refractivity contribution in [3.05, 3.63) is 128 Å². The van der Waals surface area contributed by atoms with Crippen LogP contribution in [0.4, 0.5) is 0 Å². The molecule has 10 nitrogen and oxygen atoms in total. The van der Waals surface area contributed by atoms with E-state index < -0.39 is 5.41 Å². The minimum atomic E-state index is -0.450. The third-order valence-electron chi connectivity index (χ3n) is 14.3. The molecule has 0 aliphatic heterocycles. The van der Waals surface area contributed by atoms with Crippen LogP contribution < -0.4 is 0 Å². The van der Waals surface area contributed by atoms with E-state index in [0.717, 1.165) is 65.5 Å². The van der Waals surface area contributed by atoms with Gasteiger partial charge in [-0.25, -0.2) is 19.7 Å². The fourth-order valence-electron chi connectivity index (χ4n) is 10.9. The Kier molecular flexibility index (Phi) is 2.03. The van der Waals surface area contributed by atoms with Gasteiger partial charge < -0.3 is 29.2 Å². The van der Waals surface area contributed by atoms with E-state index in [2.05, 4.69) is 109 Å². The molecule has 2 aromatic heterocycles. The first-order valence-corrected chi connectivity index (χ1v) is 21.7. The monoisotopic (exact) mass is 1330 g/mol. The van der Waals surface area contributed by atoms with Crippen LogP contribution in [0.25, 0.3) is 32.5 Å². The number of carbonyl (C=O) groups is 1. The summed E-state index contributed by atoms with van der Waals surface area (Å²) in [6.45, 7) is 33.1. The first kappa shape index (κ1) is 7.33. The van der Waals surface area contributed by atoms with Crippen LogP contribution in [-0.4, -0.2) is 53.4 Å². The average Bonchev–Trinajstić information content (AvgIpc) is 1.56. The Hall–Kier alpha value is -5.29. The van der Waals surface area contributed by atoms with E-state index in [4.69, 9.17) is 278 Å². The van der Waals surface area contributed by atoms with Gasteiger partial charge in [0.2, 0.25) is 11.4 Å². The number of aromatic nitrogens is 4. The standard InChI is InChI=1S/C25H31N3O2.C25H29N3O2.86H2/c2*1-15(2)17-6-8-18(9-7-17)24-27-23-21(28(24)12-13-29)11-10-19-16(3)22(30)20(26-5)14-25(19,23)4;;;;;;;;;;;;;;;;;;;;;;;;;;;;;;;;;;;;;;;;;;;;;;;;;;;;;;;;;;;;;;;;;;;;;;;;;;;;;;;;;;;;;;/h6-9,15-16,19,29-30H,10-14H2,1-4H3;6-9,14-16,19,29H,10-13H2,1-4H3;86*1H/t2*16-,19-,25-;;;;;;;;;;;;;;;;;;;;;;;;;;;;;;;;;;;;;;;;;;;;;;;;;;;;;;;;;;;;;;;;;;;;;;;;;;;;;;;;;;;;;;/m11....................................................................................../s1/i;;86*1+2T. The second-order valence-corrected chi connectivity index (χ2v) is 18.5. The van der Waals surface area contributed by atoms with Gasteiger partial charge in [-0.1, -0.05) is 110 Å². The van der Waals surface area contributed by atoms with Gasteiger partial charge in [-0.05, 0) is 66.9 Å². The number of ketones is 1. The highest BCUT2D eigenvalue weighted by Gasteiger charge is 2.52. The lowest BCUT2D eigenvalue weighted by Gasteiger charge is -2.47. The van der Waals surface area contributed by atoms with Crippen molar-refractivity contribution in [3.63, 3.8) is 0 Å². The predicted octanol–water partition coefficient (Wildman–Crippen LogP) is 30.9. The van der Waals surface area contributed by atoms with Gasteiger partial charge in [0.25, 0.3) is 0 Å². The minimum absolute atomic E-state index is 0.0397. The van der Waals surface area contributed by atoms with E-state index >= 15 is 0 Å². The van der Waals surface area contributed by atoms with Crippen LogP contribution >= 0.6 is 0 Å². The summed E-state index contributed by atoms with van der Waals surface area (Å²) in [7, 11) is 0. The molecule has 4 aliphatic carbocycles. The maximum absolute atomic E-state index is 12.6. The quantitative estimate of drug-likeness (QED) is 0.151. The third kappa shape index (κ3) is 7.12. The lowest BCUT2D eigenvalue weighted by atomic mass is 9.58. The smallest absolute Gasteiger partial charge is 0.226 e. The molecule has 10 heteroatoms. The molecule has 8 rings (SSSR count). The van der Waals surface area contributed by atoms with Gasteiger partial charge in [-0.2, -0.15) is 0 Å². The minimum Gasteiger partial charge on any atom is -0.523 e. The number of hydrogen-bond acceptors (Lipinski definition) is 6. The second kappa shape index (κ2) is 16.6. The first-order chi connectivity index (χ1) is 115. The van der Waals surface area contributed by atoms with Gasteiger partial charge in [-0.3, -0.25) is 0 Å². The number of imidazole rings is 2. The molecule has 0 unspecified atom stereocenters. The number of benzene rings is 2. The summed E-state index contributed by atoms with van der Waals surface area (Å²) >= 11 is 0. The van der Waals surface area contributed by atoms with Crippen molar-refractivity contribution in [2.24, 2.45) is 23.7 Å². The Balaban J connectivity index is -0.0000000137. The zero-order valence-electron chi connectivity index (χ0n) is 208. The number of aliphatic hydroxyl groups is 3. The maximum Gasteiger partial charge on any atom is 0.226 e. The predicted molar refractivity (Wildman–Crippen MR) is 417 cm³/mol. The number of aliphatic hydroxyl groups excluding tert-OH is 3. The molecular weight excluding hydrogens is 749 g/mol. The first-order valence-electron chi connectivity index (χ1n) is 108. The lowest BCUT2D eigenvalue weighted by molar-refractivity contribution is -0.121. The van der Waals surface area contributed by atoms with Crippen LogP contribution in [0.1, 0.15) is 376 Å². The number of rotatable bonds is 8. The van der Waals surface area contributed by atoms with Gasteiger partial charge in [0.1, 0.15) is 11.6 Å². The maximum atomic E-state index is 12.6. The number of nitrogens with zero attached hydrogens (tertiary/aromatic N) is 6. The molecule has 6 atom stereocenters.